The number of hydrogen-bond donors (Lipinski definition) is 1. The van der Waals surface area contributed by atoms with Crippen LogP contribution in [0.4, 0.5) is 0 Å². The van der Waals surface area contributed by atoms with E-state index >= 15 is 0 Å². The van der Waals surface area contributed by atoms with Gasteiger partial charge in [-0.15, -0.1) is 0 Å². The lowest BCUT2D eigenvalue weighted by molar-refractivity contribution is 0.0982. The summed E-state index contributed by atoms with van der Waals surface area (Å²) in [6.45, 7) is 9.03. The maximum absolute atomic E-state index is 4.13. The zero-order chi connectivity index (χ0) is 12.3. The number of likely N-dealkylation sites (N-methyl/N-ethyl adjacent to an activating group) is 1. The van der Waals surface area contributed by atoms with Crippen molar-refractivity contribution in [3.63, 3.8) is 0 Å². The van der Waals surface area contributed by atoms with Gasteiger partial charge in [-0.3, -0.25) is 4.98 Å². The standard InChI is InChI=1S/C15H24N2/c1-4-16-11-15(9-13(10-15)12(2)3)14-5-7-17-8-6-14/h5-8,12-13,16H,4,9-11H2,1-3H3. The summed E-state index contributed by atoms with van der Waals surface area (Å²) >= 11 is 0. The molecule has 0 aliphatic heterocycles. The van der Waals surface area contributed by atoms with E-state index in [1.54, 1.807) is 0 Å². The smallest absolute Gasteiger partial charge is 0.0270 e. The monoisotopic (exact) mass is 232 g/mol. The second-order valence-electron chi connectivity index (χ2n) is 5.71. The normalized spacial score (nSPS) is 28.1. The first-order chi connectivity index (χ1) is 8.18. The van der Waals surface area contributed by atoms with E-state index in [4.69, 9.17) is 0 Å². The van der Waals surface area contributed by atoms with Crippen LogP contribution < -0.4 is 5.32 Å². The molecule has 17 heavy (non-hydrogen) atoms. The maximum Gasteiger partial charge on any atom is 0.0270 e. The number of aromatic nitrogens is 1. The second kappa shape index (κ2) is 5.18. The Morgan fingerprint density at radius 3 is 2.53 bits per heavy atom. The largest absolute Gasteiger partial charge is 0.316 e. The molecule has 1 saturated carbocycles. The van der Waals surface area contributed by atoms with Crippen molar-refractivity contribution in [2.75, 3.05) is 13.1 Å². The molecule has 0 spiro atoms. The van der Waals surface area contributed by atoms with Gasteiger partial charge in [0.15, 0.2) is 0 Å². The fraction of sp³-hybridized carbons (Fsp3) is 0.667. The molecule has 0 atom stereocenters. The highest BCUT2D eigenvalue weighted by Crippen LogP contribution is 2.50. The summed E-state index contributed by atoms with van der Waals surface area (Å²) in [5, 5.41) is 3.53. The molecule has 0 radical (unpaired) electrons. The van der Waals surface area contributed by atoms with Gasteiger partial charge in [0.05, 0.1) is 0 Å². The Morgan fingerprint density at radius 1 is 1.35 bits per heavy atom. The van der Waals surface area contributed by atoms with Gasteiger partial charge in [-0.2, -0.15) is 0 Å². The average molecular weight is 232 g/mol. The molecule has 0 aromatic carbocycles. The Balaban J connectivity index is 2.11. The van der Waals surface area contributed by atoms with Gasteiger partial charge < -0.3 is 5.32 Å². The van der Waals surface area contributed by atoms with Crippen LogP contribution in [0.2, 0.25) is 0 Å². The molecule has 94 valence electrons. The van der Waals surface area contributed by atoms with Gasteiger partial charge in [0, 0.05) is 24.4 Å². The first kappa shape index (κ1) is 12.6. The molecule has 1 aromatic heterocycles. The fourth-order valence-electron chi connectivity index (χ4n) is 2.97. The third-order valence-corrected chi connectivity index (χ3v) is 4.25. The number of rotatable bonds is 5. The van der Waals surface area contributed by atoms with Gasteiger partial charge in [-0.25, -0.2) is 0 Å². The van der Waals surface area contributed by atoms with Gasteiger partial charge in [0.1, 0.15) is 0 Å². The Morgan fingerprint density at radius 2 is 2.00 bits per heavy atom. The van der Waals surface area contributed by atoms with Crippen LogP contribution in [0.5, 0.6) is 0 Å². The zero-order valence-corrected chi connectivity index (χ0v) is 11.2. The highest BCUT2D eigenvalue weighted by Gasteiger charge is 2.45. The number of pyridine rings is 1. The average Bonchev–Trinajstić information content (AvgIpc) is 2.28. The van der Waals surface area contributed by atoms with Crippen LogP contribution in [0.3, 0.4) is 0 Å². The third kappa shape index (κ3) is 2.52. The van der Waals surface area contributed by atoms with E-state index in [0.717, 1.165) is 24.9 Å². The van der Waals surface area contributed by atoms with Gasteiger partial charge in [-0.05, 0) is 48.9 Å². The fourth-order valence-corrected chi connectivity index (χ4v) is 2.97. The van der Waals surface area contributed by atoms with Crippen LogP contribution in [-0.2, 0) is 5.41 Å². The molecular weight excluding hydrogens is 208 g/mol. The Bertz CT molecular complexity index is 339. The Kier molecular flexibility index (Phi) is 3.82. The molecule has 2 nitrogen and oxygen atoms in total. The van der Waals surface area contributed by atoms with Gasteiger partial charge in [0.25, 0.3) is 0 Å². The molecule has 2 heteroatoms. The van der Waals surface area contributed by atoms with E-state index < -0.39 is 0 Å². The van der Waals surface area contributed by atoms with Crippen LogP contribution in [0.1, 0.15) is 39.2 Å². The number of nitrogens with one attached hydrogen (secondary N) is 1. The van der Waals surface area contributed by atoms with E-state index in [-0.39, 0.29) is 0 Å². The molecule has 2 rings (SSSR count). The molecule has 1 heterocycles. The maximum atomic E-state index is 4.13. The summed E-state index contributed by atoms with van der Waals surface area (Å²) < 4.78 is 0. The van der Waals surface area contributed by atoms with Crippen molar-refractivity contribution in [2.24, 2.45) is 11.8 Å². The van der Waals surface area contributed by atoms with Crippen molar-refractivity contribution in [2.45, 2.75) is 39.0 Å². The molecule has 0 bridgehead atoms. The molecular formula is C15H24N2. The van der Waals surface area contributed by atoms with Crippen molar-refractivity contribution < 1.29 is 0 Å². The summed E-state index contributed by atoms with van der Waals surface area (Å²) in [7, 11) is 0. The first-order valence-corrected chi connectivity index (χ1v) is 6.79. The van der Waals surface area contributed by atoms with Crippen LogP contribution in [0, 0.1) is 11.8 Å². The van der Waals surface area contributed by atoms with Gasteiger partial charge >= 0.3 is 0 Å². The summed E-state index contributed by atoms with van der Waals surface area (Å²) in [6, 6.07) is 4.38. The first-order valence-electron chi connectivity index (χ1n) is 6.79. The lowest BCUT2D eigenvalue weighted by Gasteiger charge is -2.50. The highest BCUT2D eigenvalue weighted by molar-refractivity contribution is 5.27. The lowest BCUT2D eigenvalue weighted by atomic mass is 9.56. The summed E-state index contributed by atoms with van der Waals surface area (Å²) in [5.41, 5.74) is 1.83. The SMILES string of the molecule is CCNCC1(c2ccncc2)CC(C(C)C)C1. The quantitative estimate of drug-likeness (QED) is 0.844. The number of nitrogens with zero attached hydrogens (tertiary/aromatic N) is 1. The summed E-state index contributed by atoms with van der Waals surface area (Å²) in [6.07, 6.45) is 6.49. The lowest BCUT2D eigenvalue weighted by Crippen LogP contribution is -2.50. The van der Waals surface area contributed by atoms with Crippen LogP contribution in [-0.4, -0.2) is 18.1 Å². The minimum Gasteiger partial charge on any atom is -0.316 e. The molecule has 0 amide bonds. The topological polar surface area (TPSA) is 24.9 Å². The second-order valence-corrected chi connectivity index (χ2v) is 5.71. The predicted octanol–water partition coefficient (Wildman–Crippen LogP) is 2.99. The van der Waals surface area contributed by atoms with E-state index in [9.17, 15) is 0 Å². The van der Waals surface area contributed by atoms with Crippen molar-refractivity contribution in [1.29, 1.82) is 0 Å². The third-order valence-electron chi connectivity index (χ3n) is 4.25. The molecule has 1 N–H and O–H groups in total. The number of hydrogen-bond acceptors (Lipinski definition) is 2. The van der Waals surface area contributed by atoms with E-state index in [0.29, 0.717) is 5.41 Å². The van der Waals surface area contributed by atoms with E-state index in [1.165, 1.54) is 18.4 Å². The van der Waals surface area contributed by atoms with Crippen LogP contribution in [0.25, 0.3) is 0 Å². The van der Waals surface area contributed by atoms with Crippen molar-refractivity contribution >= 4 is 0 Å². The van der Waals surface area contributed by atoms with Crippen molar-refractivity contribution in [3.05, 3.63) is 30.1 Å². The van der Waals surface area contributed by atoms with E-state index in [2.05, 4.69) is 43.2 Å². The minimum atomic E-state index is 0.369. The molecule has 1 fully saturated rings. The molecule has 1 aliphatic carbocycles. The Labute approximate surface area is 105 Å². The zero-order valence-electron chi connectivity index (χ0n) is 11.2. The van der Waals surface area contributed by atoms with Crippen LogP contribution in [0.15, 0.2) is 24.5 Å². The Hall–Kier alpha value is -0.890. The highest BCUT2D eigenvalue weighted by atomic mass is 14.9. The summed E-state index contributed by atoms with van der Waals surface area (Å²) in [4.78, 5) is 4.13. The van der Waals surface area contributed by atoms with E-state index in [1.807, 2.05) is 12.4 Å². The molecule has 1 aliphatic rings. The molecule has 0 saturated heterocycles. The van der Waals surface area contributed by atoms with Crippen molar-refractivity contribution in [1.82, 2.24) is 10.3 Å². The van der Waals surface area contributed by atoms with Gasteiger partial charge in [-0.1, -0.05) is 20.8 Å². The molecule has 0 unspecified atom stereocenters. The minimum absolute atomic E-state index is 0.369. The van der Waals surface area contributed by atoms with Crippen LogP contribution >= 0.6 is 0 Å². The summed E-state index contributed by atoms with van der Waals surface area (Å²) in [5.74, 6) is 1.70. The predicted molar refractivity (Wildman–Crippen MR) is 72.0 cm³/mol. The van der Waals surface area contributed by atoms with Crippen molar-refractivity contribution in [3.8, 4) is 0 Å². The molecule has 1 aromatic rings. The van der Waals surface area contributed by atoms with Gasteiger partial charge in [0.2, 0.25) is 0 Å².